The molecule has 2 N–H and O–H groups in total. The molecule has 0 aliphatic heterocycles. The van der Waals surface area contributed by atoms with Crippen molar-refractivity contribution in [2.75, 3.05) is 5.32 Å². The second kappa shape index (κ2) is 6.04. The van der Waals surface area contributed by atoms with Crippen LogP contribution in [0.3, 0.4) is 0 Å². The normalized spacial score (nSPS) is 12.4. The highest BCUT2D eigenvalue weighted by atomic mass is 32.1. The number of hydrogen-bond donors (Lipinski definition) is 2. The van der Waals surface area contributed by atoms with Crippen molar-refractivity contribution in [1.82, 2.24) is 5.32 Å². The number of carbonyl (C=O) groups excluding carboxylic acids is 1. The number of aryl methyl sites for hydroxylation is 1. The number of hydrogen-bond acceptors (Lipinski definition) is 4. The third-order valence-corrected chi connectivity index (χ3v) is 3.73. The van der Waals surface area contributed by atoms with Crippen molar-refractivity contribution in [3.8, 4) is 0 Å². The standard InChI is InChI=1S/C14H18N2O2S/c1-9-4-5-13(18-9)10(2)15-8-14-12(6-7-19-14)16-11(3)17/h4-7,10,15H,8H2,1-3H3,(H,16,17). The van der Waals surface area contributed by atoms with E-state index in [1.54, 1.807) is 11.3 Å². The molecule has 102 valence electrons. The van der Waals surface area contributed by atoms with E-state index in [4.69, 9.17) is 4.42 Å². The molecule has 2 rings (SSSR count). The molecule has 0 aliphatic rings. The zero-order chi connectivity index (χ0) is 13.8. The van der Waals surface area contributed by atoms with Crippen molar-refractivity contribution >= 4 is 22.9 Å². The van der Waals surface area contributed by atoms with Crippen molar-refractivity contribution in [3.63, 3.8) is 0 Å². The van der Waals surface area contributed by atoms with Crippen molar-refractivity contribution < 1.29 is 9.21 Å². The Morgan fingerprint density at radius 1 is 1.42 bits per heavy atom. The van der Waals surface area contributed by atoms with E-state index in [9.17, 15) is 4.79 Å². The third kappa shape index (κ3) is 3.68. The monoisotopic (exact) mass is 278 g/mol. The summed E-state index contributed by atoms with van der Waals surface area (Å²) < 4.78 is 5.58. The fourth-order valence-corrected chi connectivity index (χ4v) is 2.59. The van der Waals surface area contributed by atoms with Crippen LogP contribution in [-0.2, 0) is 11.3 Å². The van der Waals surface area contributed by atoms with Crippen LogP contribution in [0.1, 0.15) is 36.3 Å². The Bertz CT molecular complexity index is 559. The van der Waals surface area contributed by atoms with Gasteiger partial charge in [0.25, 0.3) is 0 Å². The first-order valence-corrected chi connectivity index (χ1v) is 7.08. The van der Waals surface area contributed by atoms with Gasteiger partial charge in [-0.2, -0.15) is 0 Å². The van der Waals surface area contributed by atoms with Gasteiger partial charge in [0, 0.05) is 18.3 Å². The molecular formula is C14H18N2O2S. The SMILES string of the molecule is CC(=O)Nc1ccsc1CNC(C)c1ccc(C)o1. The van der Waals surface area contributed by atoms with Gasteiger partial charge in [0.15, 0.2) is 0 Å². The molecule has 1 unspecified atom stereocenters. The van der Waals surface area contributed by atoms with E-state index in [-0.39, 0.29) is 11.9 Å². The molecule has 2 aromatic rings. The van der Waals surface area contributed by atoms with Crippen LogP contribution in [-0.4, -0.2) is 5.91 Å². The second-order valence-electron chi connectivity index (χ2n) is 4.49. The summed E-state index contributed by atoms with van der Waals surface area (Å²) in [4.78, 5) is 12.2. The Morgan fingerprint density at radius 3 is 2.84 bits per heavy atom. The maximum atomic E-state index is 11.1. The average molecular weight is 278 g/mol. The number of anilines is 1. The van der Waals surface area contributed by atoms with E-state index >= 15 is 0 Å². The lowest BCUT2D eigenvalue weighted by Crippen LogP contribution is -2.18. The summed E-state index contributed by atoms with van der Waals surface area (Å²) in [6.07, 6.45) is 0. The second-order valence-corrected chi connectivity index (χ2v) is 5.49. The molecule has 0 saturated heterocycles. The number of furan rings is 1. The third-order valence-electron chi connectivity index (χ3n) is 2.81. The molecule has 0 spiro atoms. The van der Waals surface area contributed by atoms with Crippen molar-refractivity contribution in [2.24, 2.45) is 0 Å². The predicted molar refractivity (Wildman–Crippen MR) is 77.3 cm³/mol. The first kappa shape index (κ1) is 13.8. The summed E-state index contributed by atoms with van der Waals surface area (Å²) in [5.74, 6) is 1.79. The van der Waals surface area contributed by atoms with Gasteiger partial charge in [0.05, 0.1) is 11.7 Å². The lowest BCUT2D eigenvalue weighted by Gasteiger charge is -2.11. The largest absolute Gasteiger partial charge is 0.465 e. The fraction of sp³-hybridized carbons (Fsp3) is 0.357. The van der Waals surface area contributed by atoms with E-state index in [0.717, 1.165) is 22.1 Å². The van der Waals surface area contributed by atoms with Gasteiger partial charge in [-0.1, -0.05) is 0 Å². The molecule has 0 radical (unpaired) electrons. The van der Waals surface area contributed by atoms with Crippen LogP contribution in [0.4, 0.5) is 5.69 Å². The van der Waals surface area contributed by atoms with E-state index in [2.05, 4.69) is 17.6 Å². The summed E-state index contributed by atoms with van der Waals surface area (Å²) in [5.41, 5.74) is 0.882. The van der Waals surface area contributed by atoms with Crippen LogP contribution in [0, 0.1) is 6.92 Å². The summed E-state index contributed by atoms with van der Waals surface area (Å²) in [6.45, 7) is 6.21. The van der Waals surface area contributed by atoms with Gasteiger partial charge in [-0.05, 0) is 37.4 Å². The van der Waals surface area contributed by atoms with E-state index in [1.165, 1.54) is 6.92 Å². The number of rotatable bonds is 5. The van der Waals surface area contributed by atoms with Gasteiger partial charge in [0.1, 0.15) is 11.5 Å². The van der Waals surface area contributed by atoms with E-state index in [0.29, 0.717) is 6.54 Å². The maximum Gasteiger partial charge on any atom is 0.221 e. The van der Waals surface area contributed by atoms with Crippen LogP contribution in [0.25, 0.3) is 0 Å². The van der Waals surface area contributed by atoms with Crippen molar-refractivity contribution in [2.45, 2.75) is 33.4 Å². The Labute approximate surface area is 116 Å². The molecule has 4 nitrogen and oxygen atoms in total. The van der Waals surface area contributed by atoms with Gasteiger partial charge in [-0.25, -0.2) is 0 Å². The van der Waals surface area contributed by atoms with Crippen molar-refractivity contribution in [3.05, 3.63) is 40.0 Å². The molecule has 2 aromatic heterocycles. The Hall–Kier alpha value is -1.59. The first-order valence-electron chi connectivity index (χ1n) is 6.20. The minimum atomic E-state index is -0.0469. The van der Waals surface area contributed by atoms with Crippen LogP contribution in [0.5, 0.6) is 0 Å². The molecule has 1 amide bonds. The molecule has 1 atom stereocenters. The number of thiophene rings is 1. The minimum Gasteiger partial charge on any atom is -0.465 e. The van der Waals surface area contributed by atoms with Gasteiger partial charge < -0.3 is 15.1 Å². The van der Waals surface area contributed by atoms with Gasteiger partial charge in [-0.15, -0.1) is 11.3 Å². The van der Waals surface area contributed by atoms with Crippen LogP contribution < -0.4 is 10.6 Å². The summed E-state index contributed by atoms with van der Waals surface area (Å²) in [7, 11) is 0. The molecular weight excluding hydrogens is 260 g/mol. The van der Waals surface area contributed by atoms with Gasteiger partial charge in [-0.3, -0.25) is 4.79 Å². The molecule has 0 bridgehead atoms. The highest BCUT2D eigenvalue weighted by molar-refractivity contribution is 7.10. The Balaban J connectivity index is 1.95. The Kier molecular flexibility index (Phi) is 4.39. The lowest BCUT2D eigenvalue weighted by molar-refractivity contribution is -0.114. The maximum absolute atomic E-state index is 11.1. The molecule has 0 fully saturated rings. The molecule has 0 aromatic carbocycles. The van der Waals surface area contributed by atoms with Crippen molar-refractivity contribution in [1.29, 1.82) is 0 Å². The molecule has 19 heavy (non-hydrogen) atoms. The number of nitrogens with one attached hydrogen (secondary N) is 2. The van der Waals surface area contributed by atoms with Crippen LogP contribution in [0.15, 0.2) is 28.0 Å². The van der Waals surface area contributed by atoms with Crippen LogP contribution in [0.2, 0.25) is 0 Å². The smallest absolute Gasteiger partial charge is 0.221 e. The van der Waals surface area contributed by atoms with E-state index < -0.39 is 0 Å². The predicted octanol–water partition coefficient (Wildman–Crippen LogP) is 3.46. The molecule has 5 heteroatoms. The van der Waals surface area contributed by atoms with Crippen LogP contribution >= 0.6 is 11.3 Å². The summed E-state index contributed by atoms with van der Waals surface area (Å²) >= 11 is 1.63. The quantitative estimate of drug-likeness (QED) is 0.880. The average Bonchev–Trinajstić information content (AvgIpc) is 2.95. The lowest BCUT2D eigenvalue weighted by atomic mass is 10.2. The topological polar surface area (TPSA) is 54.3 Å². The minimum absolute atomic E-state index is 0.0469. The van der Waals surface area contributed by atoms with Gasteiger partial charge >= 0.3 is 0 Å². The summed E-state index contributed by atoms with van der Waals surface area (Å²) in [6, 6.07) is 6.00. The molecule has 2 heterocycles. The molecule has 0 saturated carbocycles. The highest BCUT2D eigenvalue weighted by Crippen LogP contribution is 2.23. The Morgan fingerprint density at radius 2 is 2.21 bits per heavy atom. The summed E-state index contributed by atoms with van der Waals surface area (Å²) in [5, 5.41) is 8.20. The van der Waals surface area contributed by atoms with E-state index in [1.807, 2.05) is 30.5 Å². The number of carbonyl (C=O) groups is 1. The highest BCUT2D eigenvalue weighted by Gasteiger charge is 2.11. The zero-order valence-corrected chi connectivity index (χ0v) is 12.1. The fourth-order valence-electron chi connectivity index (χ4n) is 1.81. The zero-order valence-electron chi connectivity index (χ0n) is 11.3. The number of amides is 1. The first-order chi connectivity index (χ1) is 9.06. The van der Waals surface area contributed by atoms with Gasteiger partial charge in [0.2, 0.25) is 5.91 Å². The molecule has 0 aliphatic carbocycles.